The van der Waals surface area contributed by atoms with Gasteiger partial charge in [-0.25, -0.2) is 0 Å². The van der Waals surface area contributed by atoms with Gasteiger partial charge in [0.2, 0.25) is 0 Å². The fourth-order valence-electron chi connectivity index (χ4n) is 2.12. The summed E-state index contributed by atoms with van der Waals surface area (Å²) in [6, 6.07) is 2.59. The number of methoxy groups -OCH3 is 1. The second kappa shape index (κ2) is 6.82. The highest BCUT2D eigenvalue weighted by molar-refractivity contribution is 5.96. The Hall–Kier alpha value is -3.03. The normalized spacial score (nSPS) is 11.6. The summed E-state index contributed by atoms with van der Waals surface area (Å²) in [4.78, 5) is 30.5. The van der Waals surface area contributed by atoms with E-state index in [0.717, 1.165) is 11.8 Å². The van der Waals surface area contributed by atoms with Crippen molar-refractivity contribution in [3.05, 3.63) is 57.7 Å². The number of nitro groups is 1. The number of ether oxygens (including phenoxy) is 1. The monoisotopic (exact) mass is 316 g/mol. The summed E-state index contributed by atoms with van der Waals surface area (Å²) in [5, 5.41) is 13.6. The highest BCUT2D eigenvalue weighted by Gasteiger charge is 2.19. The van der Waals surface area contributed by atoms with Gasteiger partial charge in [-0.2, -0.15) is 0 Å². The van der Waals surface area contributed by atoms with Crippen LogP contribution in [0.25, 0.3) is 0 Å². The first-order valence-electron chi connectivity index (χ1n) is 6.83. The van der Waals surface area contributed by atoms with Crippen LogP contribution in [-0.4, -0.2) is 27.9 Å². The number of amides is 1. The molecule has 2 heterocycles. The van der Waals surface area contributed by atoms with Crippen LogP contribution in [0.2, 0.25) is 0 Å². The van der Waals surface area contributed by atoms with Crippen molar-refractivity contribution in [3.8, 4) is 5.75 Å². The summed E-state index contributed by atoms with van der Waals surface area (Å²) in [6.45, 7) is 3.41. The molecule has 0 bridgehead atoms. The summed E-state index contributed by atoms with van der Waals surface area (Å²) < 4.78 is 5.21. The molecule has 2 aromatic heterocycles. The smallest absolute Gasteiger partial charge is 0.288 e. The topological polar surface area (TPSA) is 107 Å². The third-order valence-corrected chi connectivity index (χ3v) is 3.38. The average molecular weight is 316 g/mol. The number of nitrogens with one attached hydrogen (secondary N) is 1. The SMILES string of the molecule is COc1cnccc1[C@H](C)NC(=O)c1cc([N+](=O)[O-])cnc1C. The van der Waals surface area contributed by atoms with Crippen molar-refractivity contribution in [2.45, 2.75) is 19.9 Å². The number of hydrogen-bond donors (Lipinski definition) is 1. The Morgan fingerprint density at radius 2 is 2.17 bits per heavy atom. The van der Waals surface area contributed by atoms with Crippen molar-refractivity contribution >= 4 is 11.6 Å². The summed E-state index contributed by atoms with van der Waals surface area (Å²) in [5.74, 6) is 0.110. The van der Waals surface area contributed by atoms with Crippen LogP contribution < -0.4 is 10.1 Å². The number of carbonyl (C=O) groups excluding carboxylic acids is 1. The van der Waals surface area contributed by atoms with Gasteiger partial charge in [0, 0.05) is 17.8 Å². The Labute approximate surface area is 132 Å². The first-order chi connectivity index (χ1) is 10.9. The molecule has 0 saturated heterocycles. The molecule has 0 aliphatic carbocycles. The molecule has 0 unspecified atom stereocenters. The lowest BCUT2D eigenvalue weighted by Crippen LogP contribution is -2.28. The minimum absolute atomic E-state index is 0.166. The van der Waals surface area contributed by atoms with Crippen molar-refractivity contribution in [3.63, 3.8) is 0 Å². The number of aromatic nitrogens is 2. The molecule has 0 radical (unpaired) electrons. The quantitative estimate of drug-likeness (QED) is 0.669. The van der Waals surface area contributed by atoms with E-state index in [0.29, 0.717) is 11.4 Å². The second-order valence-corrected chi connectivity index (χ2v) is 4.90. The standard InChI is InChI=1S/C15H16N4O4/c1-9-13(6-11(7-17-9)19(21)22)15(20)18-10(2)12-4-5-16-8-14(12)23-3/h4-8,10H,1-3H3,(H,18,20)/t10-/m0/s1. The molecule has 0 aliphatic heterocycles. The number of nitrogens with zero attached hydrogens (tertiary/aromatic N) is 3. The Kier molecular flexibility index (Phi) is 4.85. The third-order valence-electron chi connectivity index (χ3n) is 3.38. The zero-order valence-corrected chi connectivity index (χ0v) is 12.9. The molecule has 120 valence electrons. The predicted octanol–water partition coefficient (Wildman–Crippen LogP) is 2.19. The number of aryl methyl sites for hydroxylation is 1. The lowest BCUT2D eigenvalue weighted by Gasteiger charge is -2.17. The molecule has 0 aromatic carbocycles. The largest absolute Gasteiger partial charge is 0.495 e. The molecule has 1 amide bonds. The van der Waals surface area contributed by atoms with Gasteiger partial charge in [-0.05, 0) is 19.9 Å². The Morgan fingerprint density at radius 1 is 1.43 bits per heavy atom. The van der Waals surface area contributed by atoms with Crippen LogP contribution in [0.1, 0.15) is 34.6 Å². The molecule has 23 heavy (non-hydrogen) atoms. The third kappa shape index (κ3) is 3.60. The average Bonchev–Trinajstić information content (AvgIpc) is 2.54. The van der Waals surface area contributed by atoms with Crippen LogP contribution in [0, 0.1) is 17.0 Å². The van der Waals surface area contributed by atoms with E-state index in [4.69, 9.17) is 4.74 Å². The minimum Gasteiger partial charge on any atom is -0.495 e. The van der Waals surface area contributed by atoms with E-state index in [2.05, 4.69) is 15.3 Å². The van der Waals surface area contributed by atoms with Gasteiger partial charge in [-0.3, -0.25) is 24.9 Å². The summed E-state index contributed by atoms with van der Waals surface area (Å²) in [5.41, 5.74) is 1.11. The van der Waals surface area contributed by atoms with Crippen molar-refractivity contribution in [1.82, 2.24) is 15.3 Å². The molecule has 8 nitrogen and oxygen atoms in total. The highest BCUT2D eigenvalue weighted by Crippen LogP contribution is 2.24. The van der Waals surface area contributed by atoms with E-state index in [-0.39, 0.29) is 17.3 Å². The fourth-order valence-corrected chi connectivity index (χ4v) is 2.12. The Bertz CT molecular complexity index is 748. The molecule has 0 aliphatic rings. The molecule has 1 N–H and O–H groups in total. The lowest BCUT2D eigenvalue weighted by molar-refractivity contribution is -0.385. The van der Waals surface area contributed by atoms with Gasteiger partial charge in [-0.1, -0.05) is 0 Å². The van der Waals surface area contributed by atoms with Crippen molar-refractivity contribution < 1.29 is 14.5 Å². The molecule has 2 rings (SSSR count). The lowest BCUT2D eigenvalue weighted by atomic mass is 10.1. The van der Waals surface area contributed by atoms with E-state index < -0.39 is 10.8 Å². The van der Waals surface area contributed by atoms with Gasteiger partial charge in [-0.15, -0.1) is 0 Å². The Morgan fingerprint density at radius 3 is 2.83 bits per heavy atom. The molecule has 0 spiro atoms. The Balaban J connectivity index is 2.25. The molecular weight excluding hydrogens is 300 g/mol. The maximum Gasteiger partial charge on any atom is 0.288 e. The first-order valence-corrected chi connectivity index (χ1v) is 6.83. The molecule has 2 aromatic rings. The van der Waals surface area contributed by atoms with Crippen molar-refractivity contribution in [2.24, 2.45) is 0 Å². The zero-order chi connectivity index (χ0) is 17.0. The molecular formula is C15H16N4O4. The predicted molar refractivity (Wildman–Crippen MR) is 82.3 cm³/mol. The maximum absolute atomic E-state index is 12.4. The van der Waals surface area contributed by atoms with Gasteiger partial charge in [0.15, 0.2) is 0 Å². The van der Waals surface area contributed by atoms with Crippen LogP contribution in [0.5, 0.6) is 5.75 Å². The van der Waals surface area contributed by atoms with Crippen LogP contribution in [0.15, 0.2) is 30.7 Å². The van der Waals surface area contributed by atoms with E-state index in [1.165, 1.54) is 13.2 Å². The summed E-state index contributed by atoms with van der Waals surface area (Å²) in [7, 11) is 1.52. The highest BCUT2D eigenvalue weighted by atomic mass is 16.6. The minimum atomic E-state index is -0.585. The van der Waals surface area contributed by atoms with Gasteiger partial charge in [0.05, 0.1) is 35.5 Å². The van der Waals surface area contributed by atoms with E-state index in [9.17, 15) is 14.9 Å². The zero-order valence-electron chi connectivity index (χ0n) is 12.9. The van der Waals surface area contributed by atoms with E-state index in [1.807, 2.05) is 0 Å². The van der Waals surface area contributed by atoms with Gasteiger partial charge in [0.1, 0.15) is 11.9 Å². The molecule has 1 atom stereocenters. The second-order valence-electron chi connectivity index (χ2n) is 4.90. The van der Waals surface area contributed by atoms with Crippen LogP contribution in [0.4, 0.5) is 5.69 Å². The van der Waals surface area contributed by atoms with Gasteiger partial charge < -0.3 is 10.1 Å². The first kappa shape index (κ1) is 16.3. The number of rotatable bonds is 5. The van der Waals surface area contributed by atoms with Crippen molar-refractivity contribution in [1.29, 1.82) is 0 Å². The molecule has 8 heteroatoms. The fraction of sp³-hybridized carbons (Fsp3) is 0.267. The molecule has 0 fully saturated rings. The van der Waals surface area contributed by atoms with E-state index in [1.54, 1.807) is 32.3 Å². The maximum atomic E-state index is 12.4. The summed E-state index contributed by atoms with van der Waals surface area (Å²) >= 11 is 0. The van der Waals surface area contributed by atoms with Crippen LogP contribution in [-0.2, 0) is 0 Å². The van der Waals surface area contributed by atoms with Crippen LogP contribution in [0.3, 0.4) is 0 Å². The van der Waals surface area contributed by atoms with E-state index >= 15 is 0 Å². The number of pyridine rings is 2. The number of hydrogen-bond acceptors (Lipinski definition) is 6. The van der Waals surface area contributed by atoms with Gasteiger partial charge in [0.25, 0.3) is 11.6 Å². The number of carbonyl (C=O) groups is 1. The summed E-state index contributed by atoms with van der Waals surface area (Å²) in [6.07, 6.45) is 4.28. The van der Waals surface area contributed by atoms with Crippen molar-refractivity contribution in [2.75, 3.05) is 7.11 Å². The molecule has 0 saturated carbocycles. The van der Waals surface area contributed by atoms with Gasteiger partial charge >= 0.3 is 0 Å². The van der Waals surface area contributed by atoms with Crippen LogP contribution >= 0.6 is 0 Å².